The Bertz CT molecular complexity index is 520. The molecule has 0 saturated heterocycles. The molecule has 0 saturated carbocycles. The van der Waals surface area contributed by atoms with E-state index in [0.717, 1.165) is 11.1 Å². The molecular weight excluding hydrogens is 266 g/mol. The predicted molar refractivity (Wildman–Crippen MR) is 73.6 cm³/mol. The molecule has 1 aromatic carbocycles. The van der Waals surface area contributed by atoms with Gasteiger partial charge in [0.05, 0.1) is 23.6 Å². The maximum absolute atomic E-state index is 11.1. The number of aliphatic hydroxyl groups excluding tert-OH is 1. The van der Waals surface area contributed by atoms with Crippen molar-refractivity contribution in [2.24, 2.45) is 5.92 Å². The third-order valence-corrected chi connectivity index (χ3v) is 3.55. The van der Waals surface area contributed by atoms with Crippen molar-refractivity contribution in [1.82, 2.24) is 0 Å². The number of carboxylic acids is 1. The van der Waals surface area contributed by atoms with Gasteiger partial charge < -0.3 is 10.2 Å². The van der Waals surface area contributed by atoms with Crippen LogP contribution in [0, 0.1) is 12.5 Å². The van der Waals surface area contributed by atoms with Crippen molar-refractivity contribution < 1.29 is 15.0 Å². The highest BCUT2D eigenvalue weighted by Crippen LogP contribution is 2.33. The summed E-state index contributed by atoms with van der Waals surface area (Å²) in [4.78, 5) is 14.4. The number of nitrogens with zero attached hydrogens (tertiary/aromatic N) is 1. The second kappa shape index (κ2) is 6.55. The van der Waals surface area contributed by atoms with Gasteiger partial charge in [-0.1, -0.05) is 30.7 Å². The van der Waals surface area contributed by atoms with Gasteiger partial charge in [0, 0.05) is 0 Å². The molecule has 0 aliphatic heterocycles. The molecule has 2 N–H and O–H groups in total. The molecule has 102 valence electrons. The molecule has 0 unspecified atom stereocenters. The Kier molecular flexibility index (Phi) is 5.34. The number of benzene rings is 1. The summed E-state index contributed by atoms with van der Waals surface area (Å²) >= 11 is 6.13. The highest BCUT2D eigenvalue weighted by molar-refractivity contribution is 6.34. The number of carboxylic acid groups (broad SMARTS) is 1. The average Bonchev–Trinajstić information content (AvgIpc) is 2.35. The molecule has 0 amide bonds. The second-order valence-corrected chi connectivity index (χ2v) is 4.77. The lowest BCUT2D eigenvalue weighted by molar-refractivity contribution is -0.145. The number of carbonyl (C=O) groups is 1. The van der Waals surface area contributed by atoms with Gasteiger partial charge in [0.15, 0.2) is 0 Å². The Morgan fingerprint density at radius 3 is 2.58 bits per heavy atom. The zero-order chi connectivity index (χ0) is 14.6. The maximum Gasteiger partial charge on any atom is 0.309 e. The first kappa shape index (κ1) is 15.5. The highest BCUT2D eigenvalue weighted by atomic mass is 35.5. The minimum absolute atomic E-state index is 0.203. The monoisotopic (exact) mass is 281 g/mol. The SMILES string of the molecule is [C-]#[N+]c1ccc(C[C@@H](C(=O)O)[C@H](C)O)c(CC)c1Cl. The largest absolute Gasteiger partial charge is 0.481 e. The second-order valence-electron chi connectivity index (χ2n) is 4.39. The fourth-order valence-electron chi connectivity index (χ4n) is 2.01. The van der Waals surface area contributed by atoms with E-state index in [1.165, 1.54) is 6.92 Å². The minimum atomic E-state index is -1.04. The van der Waals surface area contributed by atoms with Gasteiger partial charge in [-0.2, -0.15) is 0 Å². The van der Waals surface area contributed by atoms with Gasteiger partial charge >= 0.3 is 5.97 Å². The Hall–Kier alpha value is -1.57. The Morgan fingerprint density at radius 1 is 1.53 bits per heavy atom. The Morgan fingerprint density at radius 2 is 2.16 bits per heavy atom. The third-order valence-electron chi connectivity index (χ3n) is 3.13. The van der Waals surface area contributed by atoms with Crippen molar-refractivity contribution in [1.29, 1.82) is 0 Å². The molecule has 0 aliphatic carbocycles. The van der Waals surface area contributed by atoms with Crippen LogP contribution in [0.25, 0.3) is 4.85 Å². The molecule has 0 bridgehead atoms. The number of halogens is 1. The number of rotatable bonds is 5. The smallest absolute Gasteiger partial charge is 0.309 e. The molecule has 1 rings (SSSR count). The van der Waals surface area contributed by atoms with E-state index in [0.29, 0.717) is 17.1 Å². The van der Waals surface area contributed by atoms with Gasteiger partial charge in [0.2, 0.25) is 5.69 Å². The molecule has 5 heteroatoms. The van der Waals surface area contributed by atoms with Crippen LogP contribution in [-0.2, 0) is 17.6 Å². The highest BCUT2D eigenvalue weighted by Gasteiger charge is 2.25. The number of hydrogen-bond acceptors (Lipinski definition) is 2. The summed E-state index contributed by atoms with van der Waals surface area (Å²) in [6, 6.07) is 3.31. The summed E-state index contributed by atoms with van der Waals surface area (Å²) in [5, 5.41) is 19.0. The van der Waals surface area contributed by atoms with Crippen LogP contribution in [0.1, 0.15) is 25.0 Å². The molecule has 19 heavy (non-hydrogen) atoms. The predicted octanol–water partition coefficient (Wildman–Crippen LogP) is 3.08. The summed E-state index contributed by atoms with van der Waals surface area (Å²) in [5.41, 5.74) is 1.92. The van der Waals surface area contributed by atoms with E-state index in [4.69, 9.17) is 23.3 Å². The molecular formula is C14H16ClNO3. The number of aliphatic hydroxyl groups is 1. The lowest BCUT2D eigenvalue weighted by Crippen LogP contribution is -2.28. The fraction of sp³-hybridized carbons (Fsp3) is 0.429. The maximum atomic E-state index is 11.1. The molecule has 0 heterocycles. The molecule has 0 spiro atoms. The Balaban J connectivity index is 3.18. The molecule has 2 atom stereocenters. The van der Waals surface area contributed by atoms with Gasteiger partial charge in [0.1, 0.15) is 0 Å². The van der Waals surface area contributed by atoms with Crippen molar-refractivity contribution in [3.63, 3.8) is 0 Å². The molecule has 0 radical (unpaired) electrons. The van der Waals surface area contributed by atoms with Crippen LogP contribution in [0.15, 0.2) is 12.1 Å². The summed E-state index contributed by atoms with van der Waals surface area (Å²) in [5.74, 6) is -1.91. The topological polar surface area (TPSA) is 61.9 Å². The van der Waals surface area contributed by atoms with Crippen LogP contribution in [0.5, 0.6) is 0 Å². The minimum Gasteiger partial charge on any atom is -0.481 e. The van der Waals surface area contributed by atoms with Crippen LogP contribution in [-0.4, -0.2) is 22.3 Å². The molecule has 4 nitrogen and oxygen atoms in total. The van der Waals surface area contributed by atoms with Gasteiger partial charge in [-0.3, -0.25) is 4.79 Å². The molecule has 1 aromatic rings. The first-order chi connectivity index (χ1) is 8.92. The van der Waals surface area contributed by atoms with Crippen LogP contribution >= 0.6 is 11.6 Å². The van der Waals surface area contributed by atoms with Crippen LogP contribution in [0.3, 0.4) is 0 Å². The van der Waals surface area contributed by atoms with Gasteiger partial charge in [-0.15, -0.1) is 0 Å². The third kappa shape index (κ3) is 3.46. The normalized spacial score (nSPS) is 13.6. The van der Waals surface area contributed by atoms with Crippen LogP contribution in [0.4, 0.5) is 5.69 Å². The number of hydrogen-bond donors (Lipinski definition) is 2. The Labute approximate surface area is 117 Å². The van der Waals surface area contributed by atoms with E-state index in [1.807, 2.05) is 6.92 Å². The van der Waals surface area contributed by atoms with E-state index in [2.05, 4.69) is 4.85 Å². The zero-order valence-corrected chi connectivity index (χ0v) is 11.6. The molecule has 0 aliphatic rings. The average molecular weight is 282 g/mol. The van der Waals surface area contributed by atoms with Gasteiger partial charge in [-0.05, 0) is 30.9 Å². The van der Waals surface area contributed by atoms with E-state index in [1.54, 1.807) is 12.1 Å². The van der Waals surface area contributed by atoms with Crippen molar-refractivity contribution in [3.8, 4) is 0 Å². The van der Waals surface area contributed by atoms with E-state index in [9.17, 15) is 9.90 Å². The first-order valence-electron chi connectivity index (χ1n) is 6.00. The molecule has 0 aromatic heterocycles. The van der Waals surface area contributed by atoms with Crippen molar-refractivity contribution in [2.45, 2.75) is 32.8 Å². The van der Waals surface area contributed by atoms with E-state index in [-0.39, 0.29) is 6.42 Å². The van der Waals surface area contributed by atoms with Gasteiger partial charge in [0.25, 0.3) is 0 Å². The number of aliphatic carboxylic acids is 1. The van der Waals surface area contributed by atoms with E-state index >= 15 is 0 Å². The van der Waals surface area contributed by atoms with Crippen molar-refractivity contribution >= 4 is 23.3 Å². The van der Waals surface area contributed by atoms with E-state index < -0.39 is 18.0 Å². The molecule has 0 fully saturated rings. The summed E-state index contributed by atoms with van der Waals surface area (Å²) in [7, 11) is 0. The zero-order valence-electron chi connectivity index (χ0n) is 10.9. The first-order valence-corrected chi connectivity index (χ1v) is 6.38. The van der Waals surface area contributed by atoms with Crippen molar-refractivity contribution in [2.75, 3.05) is 0 Å². The summed E-state index contributed by atoms with van der Waals surface area (Å²) < 4.78 is 0. The van der Waals surface area contributed by atoms with Crippen LogP contribution < -0.4 is 0 Å². The van der Waals surface area contributed by atoms with Crippen LogP contribution in [0.2, 0.25) is 5.02 Å². The lowest BCUT2D eigenvalue weighted by Gasteiger charge is -2.18. The summed E-state index contributed by atoms with van der Waals surface area (Å²) in [6.45, 7) is 10.4. The standard InChI is InChI=1S/C14H16ClNO3/c1-4-10-9(5-6-12(16-3)13(10)15)7-11(8(2)17)14(18)19/h5-6,8,11,17H,4,7H2,1-2H3,(H,18,19)/t8-,11+/m0/s1. The quantitative estimate of drug-likeness (QED) is 0.815. The fourth-order valence-corrected chi connectivity index (χ4v) is 2.37. The van der Waals surface area contributed by atoms with Gasteiger partial charge in [-0.25, -0.2) is 4.85 Å². The van der Waals surface area contributed by atoms with Crippen molar-refractivity contribution in [3.05, 3.63) is 39.7 Å². The summed E-state index contributed by atoms with van der Waals surface area (Å²) in [6.07, 6.45) is -0.126. The lowest BCUT2D eigenvalue weighted by atomic mass is 9.91.